The summed E-state index contributed by atoms with van der Waals surface area (Å²) in [6.07, 6.45) is 6.52. The van der Waals surface area contributed by atoms with Crippen LogP contribution >= 0.6 is 35.7 Å². The summed E-state index contributed by atoms with van der Waals surface area (Å²) < 4.78 is 7.56. The van der Waals surface area contributed by atoms with Gasteiger partial charge in [0.25, 0.3) is 0 Å². The van der Waals surface area contributed by atoms with Gasteiger partial charge in [0, 0.05) is 33.4 Å². The number of rotatable bonds is 13. The molecule has 0 amide bonds. The van der Waals surface area contributed by atoms with E-state index in [1.165, 1.54) is 6.42 Å². The highest BCUT2D eigenvalue weighted by Gasteiger charge is 2.05. The monoisotopic (exact) mass is 498 g/mol. The SMILES string of the molecule is CCCCOCCCNC(=NCc1nnc(C)n1C)NCCCSC.I. The van der Waals surface area contributed by atoms with E-state index in [0.29, 0.717) is 6.54 Å². The Morgan fingerprint density at radius 1 is 1.15 bits per heavy atom. The molecule has 0 unspecified atom stereocenters. The summed E-state index contributed by atoms with van der Waals surface area (Å²) in [5, 5.41) is 15.0. The molecule has 0 aliphatic heterocycles. The highest BCUT2D eigenvalue weighted by molar-refractivity contribution is 14.0. The van der Waals surface area contributed by atoms with E-state index in [1.807, 2.05) is 30.3 Å². The van der Waals surface area contributed by atoms with E-state index < -0.39 is 0 Å². The Morgan fingerprint density at radius 2 is 1.85 bits per heavy atom. The molecule has 1 rings (SSSR count). The average molecular weight is 498 g/mol. The van der Waals surface area contributed by atoms with E-state index >= 15 is 0 Å². The Hall–Kier alpha value is -0.550. The van der Waals surface area contributed by atoms with Crippen molar-refractivity contribution in [3.8, 4) is 0 Å². The molecular formula is C17H35IN6OS. The first-order chi connectivity index (χ1) is 12.2. The fraction of sp³-hybridized carbons (Fsp3) is 0.824. The van der Waals surface area contributed by atoms with E-state index in [9.17, 15) is 0 Å². The van der Waals surface area contributed by atoms with Gasteiger partial charge in [0.05, 0.1) is 0 Å². The lowest BCUT2D eigenvalue weighted by atomic mass is 10.4. The van der Waals surface area contributed by atoms with E-state index in [-0.39, 0.29) is 24.0 Å². The molecule has 0 aromatic carbocycles. The van der Waals surface area contributed by atoms with Crippen LogP contribution in [0.3, 0.4) is 0 Å². The Balaban J connectivity index is 0.00000625. The van der Waals surface area contributed by atoms with Gasteiger partial charge in [-0.05, 0) is 38.2 Å². The fourth-order valence-corrected chi connectivity index (χ4v) is 2.50. The molecule has 0 spiro atoms. The van der Waals surface area contributed by atoms with Crippen molar-refractivity contribution in [3.05, 3.63) is 11.6 Å². The second-order valence-corrected chi connectivity index (χ2v) is 6.89. The quantitative estimate of drug-likeness (QED) is 0.189. The first-order valence-electron chi connectivity index (χ1n) is 9.12. The minimum atomic E-state index is 0. The van der Waals surface area contributed by atoms with E-state index in [2.05, 4.69) is 39.0 Å². The molecule has 0 saturated carbocycles. The summed E-state index contributed by atoms with van der Waals surface area (Å²) in [4.78, 5) is 4.64. The largest absolute Gasteiger partial charge is 0.381 e. The number of hydrogen-bond acceptors (Lipinski definition) is 5. The van der Waals surface area contributed by atoms with Crippen molar-refractivity contribution in [3.63, 3.8) is 0 Å². The van der Waals surface area contributed by atoms with Gasteiger partial charge in [-0.3, -0.25) is 0 Å². The van der Waals surface area contributed by atoms with E-state index in [0.717, 1.165) is 68.9 Å². The lowest BCUT2D eigenvalue weighted by molar-refractivity contribution is 0.129. The van der Waals surface area contributed by atoms with Gasteiger partial charge in [0.1, 0.15) is 12.4 Å². The molecule has 7 nitrogen and oxygen atoms in total. The number of aromatic nitrogens is 3. The second-order valence-electron chi connectivity index (χ2n) is 5.91. The maximum atomic E-state index is 5.59. The zero-order chi connectivity index (χ0) is 18.3. The fourth-order valence-electron chi connectivity index (χ4n) is 2.07. The molecule has 26 heavy (non-hydrogen) atoms. The van der Waals surface area contributed by atoms with Crippen molar-refractivity contribution >= 4 is 41.7 Å². The van der Waals surface area contributed by atoms with Crippen LogP contribution in [-0.4, -0.2) is 59.0 Å². The predicted octanol–water partition coefficient (Wildman–Crippen LogP) is 2.74. The molecule has 0 fully saturated rings. The van der Waals surface area contributed by atoms with E-state index in [1.54, 1.807) is 0 Å². The number of thioether (sulfide) groups is 1. The molecule has 0 atom stereocenters. The van der Waals surface area contributed by atoms with Crippen LogP contribution in [0, 0.1) is 6.92 Å². The molecule has 1 aromatic heterocycles. The Kier molecular flexibility index (Phi) is 16.3. The number of aryl methyl sites for hydroxylation is 1. The molecule has 1 aromatic rings. The maximum Gasteiger partial charge on any atom is 0.191 e. The molecule has 152 valence electrons. The molecule has 1 heterocycles. The third-order valence-electron chi connectivity index (χ3n) is 3.78. The highest BCUT2D eigenvalue weighted by Crippen LogP contribution is 1.99. The molecule has 0 saturated heterocycles. The van der Waals surface area contributed by atoms with Crippen molar-refractivity contribution in [2.75, 3.05) is 38.3 Å². The van der Waals surface area contributed by atoms with Crippen LogP contribution in [0.25, 0.3) is 0 Å². The van der Waals surface area contributed by atoms with Crippen molar-refractivity contribution in [1.82, 2.24) is 25.4 Å². The number of nitrogens with one attached hydrogen (secondary N) is 2. The molecule has 2 N–H and O–H groups in total. The molecule has 0 radical (unpaired) electrons. The molecule has 0 aliphatic rings. The minimum Gasteiger partial charge on any atom is -0.381 e. The summed E-state index contributed by atoms with van der Waals surface area (Å²) in [6.45, 7) is 8.04. The lowest BCUT2D eigenvalue weighted by Crippen LogP contribution is -2.39. The molecule has 9 heteroatoms. The summed E-state index contributed by atoms with van der Waals surface area (Å²) in [7, 11) is 1.97. The lowest BCUT2D eigenvalue weighted by Gasteiger charge is -2.12. The van der Waals surface area contributed by atoms with Gasteiger partial charge in [0.2, 0.25) is 0 Å². The van der Waals surface area contributed by atoms with Gasteiger partial charge in [-0.15, -0.1) is 34.2 Å². The van der Waals surface area contributed by atoms with Gasteiger partial charge >= 0.3 is 0 Å². The minimum absolute atomic E-state index is 0. The van der Waals surface area contributed by atoms with Crippen LogP contribution in [0.1, 0.15) is 44.3 Å². The predicted molar refractivity (Wildman–Crippen MR) is 122 cm³/mol. The Labute approximate surface area is 179 Å². The molecular weight excluding hydrogens is 463 g/mol. The van der Waals surface area contributed by atoms with Crippen LogP contribution in [0.15, 0.2) is 4.99 Å². The van der Waals surface area contributed by atoms with Crippen LogP contribution in [0.4, 0.5) is 0 Å². The van der Waals surface area contributed by atoms with Crippen molar-refractivity contribution in [2.24, 2.45) is 12.0 Å². The number of aliphatic imine (C=N–C) groups is 1. The third-order valence-corrected chi connectivity index (χ3v) is 4.48. The number of halogens is 1. The van der Waals surface area contributed by atoms with Gasteiger partial charge in [0.15, 0.2) is 11.8 Å². The van der Waals surface area contributed by atoms with Crippen LogP contribution < -0.4 is 10.6 Å². The normalized spacial score (nSPS) is 11.3. The first-order valence-corrected chi connectivity index (χ1v) is 10.5. The standard InChI is InChI=1S/C17H34N6OS.HI/c1-5-6-11-24-12-7-9-18-17(19-10-8-13-25-4)20-14-16-22-21-15(2)23(16)3;/h5-14H2,1-4H3,(H2,18,19,20);1H. The summed E-state index contributed by atoms with van der Waals surface area (Å²) in [5.41, 5.74) is 0. The van der Waals surface area contributed by atoms with Crippen molar-refractivity contribution in [2.45, 2.75) is 46.1 Å². The van der Waals surface area contributed by atoms with Gasteiger partial charge in [-0.1, -0.05) is 13.3 Å². The smallest absolute Gasteiger partial charge is 0.191 e. The van der Waals surface area contributed by atoms with Crippen LogP contribution in [0.2, 0.25) is 0 Å². The van der Waals surface area contributed by atoms with Crippen LogP contribution in [-0.2, 0) is 18.3 Å². The molecule has 0 aliphatic carbocycles. The number of guanidine groups is 1. The maximum absolute atomic E-state index is 5.59. The second kappa shape index (κ2) is 16.6. The van der Waals surface area contributed by atoms with Crippen molar-refractivity contribution < 1.29 is 4.74 Å². The summed E-state index contributed by atoms with van der Waals surface area (Å²) in [5.74, 6) is 3.74. The summed E-state index contributed by atoms with van der Waals surface area (Å²) in [6, 6.07) is 0. The van der Waals surface area contributed by atoms with Crippen molar-refractivity contribution in [1.29, 1.82) is 0 Å². The number of unbranched alkanes of at least 4 members (excludes halogenated alkanes) is 1. The zero-order valence-corrected chi connectivity index (χ0v) is 19.7. The topological polar surface area (TPSA) is 76.4 Å². The molecule has 0 bridgehead atoms. The number of nitrogens with zero attached hydrogens (tertiary/aromatic N) is 4. The Morgan fingerprint density at radius 3 is 2.46 bits per heavy atom. The zero-order valence-electron chi connectivity index (χ0n) is 16.6. The first kappa shape index (κ1) is 25.4. The Bertz CT molecular complexity index is 498. The summed E-state index contributed by atoms with van der Waals surface area (Å²) >= 11 is 1.86. The van der Waals surface area contributed by atoms with E-state index in [4.69, 9.17) is 4.74 Å². The average Bonchev–Trinajstić information content (AvgIpc) is 2.93. The third kappa shape index (κ3) is 11.2. The van der Waals surface area contributed by atoms with Gasteiger partial charge < -0.3 is 19.9 Å². The number of hydrogen-bond donors (Lipinski definition) is 2. The highest BCUT2D eigenvalue weighted by atomic mass is 127. The van der Waals surface area contributed by atoms with Gasteiger partial charge in [-0.25, -0.2) is 4.99 Å². The number of ether oxygens (including phenoxy) is 1. The van der Waals surface area contributed by atoms with Crippen LogP contribution in [0.5, 0.6) is 0 Å². The van der Waals surface area contributed by atoms with Gasteiger partial charge in [-0.2, -0.15) is 11.8 Å².